The first kappa shape index (κ1) is 39.1. The average Bonchev–Trinajstić information content (AvgIpc) is 3.67. The standard InChI is InChI=1S/C20H25FO5.C20H23FO5/c2*1-11-4-16(21)14(7-17(11)23)5-12(2)20-9-15(6-13(3)22)18(24)8-19(20)25-10-26-20/h4,7-8,12-13,15,22-23H,5-6,9-10H2,1-3H3;4,7-8,12,15,23H,5-6,9-10H2,1-3H3/t12-,13?,15-,20+;12-,15-,20+/m00/s1. The number of allylic oxidation sites excluding steroid dienone is 2. The van der Waals surface area contributed by atoms with Crippen LogP contribution in [0.4, 0.5) is 8.78 Å². The minimum atomic E-state index is -0.860. The Morgan fingerprint density at radius 2 is 1.21 bits per heavy atom. The van der Waals surface area contributed by atoms with Crippen molar-refractivity contribution in [3.63, 3.8) is 0 Å². The molecular weight excluding hydrogens is 678 g/mol. The Bertz CT molecular complexity index is 1780. The molecule has 0 spiro atoms. The van der Waals surface area contributed by atoms with Crippen molar-refractivity contribution in [2.75, 3.05) is 13.6 Å². The molecule has 2 aromatic carbocycles. The number of aromatic hydroxyl groups is 2. The fraction of sp³-hybridized carbons (Fsp3) is 0.525. The Hall–Kier alpha value is -4.13. The number of aliphatic hydroxyl groups excluding tert-OH is 1. The summed E-state index contributed by atoms with van der Waals surface area (Å²) in [6.07, 6.45) is 4.14. The molecule has 0 radical (unpaired) electrons. The van der Waals surface area contributed by atoms with Crippen molar-refractivity contribution in [2.45, 2.75) is 97.4 Å². The first-order valence-corrected chi connectivity index (χ1v) is 17.6. The van der Waals surface area contributed by atoms with Gasteiger partial charge in [-0.3, -0.25) is 9.59 Å². The van der Waals surface area contributed by atoms with Gasteiger partial charge in [0, 0.05) is 30.4 Å². The number of aliphatic hydroxyl groups is 1. The highest BCUT2D eigenvalue weighted by Gasteiger charge is 2.53. The van der Waals surface area contributed by atoms with Crippen LogP contribution in [0.3, 0.4) is 0 Å². The molecule has 7 atom stereocenters. The van der Waals surface area contributed by atoms with Crippen molar-refractivity contribution in [1.82, 2.24) is 0 Å². The molecule has 0 amide bonds. The average molecular weight is 727 g/mol. The zero-order valence-electron chi connectivity index (χ0n) is 30.5. The van der Waals surface area contributed by atoms with Crippen molar-refractivity contribution < 1.29 is 57.4 Å². The van der Waals surface area contributed by atoms with Gasteiger partial charge in [-0.15, -0.1) is 0 Å². The van der Waals surface area contributed by atoms with Crippen LogP contribution in [0.15, 0.2) is 47.9 Å². The molecule has 2 fully saturated rings. The third-order valence-electron chi connectivity index (χ3n) is 10.9. The van der Waals surface area contributed by atoms with Crippen LogP contribution in [0.1, 0.15) is 75.6 Å². The third kappa shape index (κ3) is 7.94. The lowest BCUT2D eigenvalue weighted by Crippen LogP contribution is -2.45. The van der Waals surface area contributed by atoms with Gasteiger partial charge in [0.1, 0.15) is 51.6 Å². The fourth-order valence-corrected chi connectivity index (χ4v) is 7.87. The molecule has 12 heteroatoms. The molecule has 10 nitrogen and oxygen atoms in total. The molecule has 52 heavy (non-hydrogen) atoms. The lowest BCUT2D eigenvalue weighted by Gasteiger charge is -2.39. The maximum atomic E-state index is 14.3. The van der Waals surface area contributed by atoms with E-state index in [9.17, 15) is 38.5 Å². The van der Waals surface area contributed by atoms with Crippen LogP contribution < -0.4 is 0 Å². The molecule has 0 bridgehead atoms. The van der Waals surface area contributed by atoms with Gasteiger partial charge in [-0.25, -0.2) is 8.78 Å². The molecular formula is C40H48F2O10. The molecule has 2 heterocycles. The molecule has 0 saturated carbocycles. The zero-order valence-corrected chi connectivity index (χ0v) is 30.5. The van der Waals surface area contributed by atoms with Gasteiger partial charge in [0.05, 0.1) is 6.10 Å². The second kappa shape index (κ2) is 15.5. The van der Waals surface area contributed by atoms with Gasteiger partial charge in [0.2, 0.25) is 0 Å². The largest absolute Gasteiger partial charge is 0.508 e. The third-order valence-corrected chi connectivity index (χ3v) is 10.9. The first-order chi connectivity index (χ1) is 24.4. The van der Waals surface area contributed by atoms with Gasteiger partial charge < -0.3 is 39.1 Å². The summed E-state index contributed by atoms with van der Waals surface area (Å²) in [6.45, 7) is 10.3. The summed E-state index contributed by atoms with van der Waals surface area (Å²) in [6, 6.07) is 5.50. The number of carbonyl (C=O) groups excluding carboxylic acids is 3. The van der Waals surface area contributed by atoms with E-state index in [0.29, 0.717) is 65.9 Å². The molecule has 2 aliphatic carbocycles. The highest BCUT2D eigenvalue weighted by Crippen LogP contribution is 2.48. The number of benzene rings is 2. The number of carbonyl (C=O) groups is 3. The smallest absolute Gasteiger partial charge is 0.189 e. The zero-order chi connectivity index (χ0) is 38.1. The maximum Gasteiger partial charge on any atom is 0.189 e. The van der Waals surface area contributed by atoms with Crippen LogP contribution in [0.25, 0.3) is 0 Å². The summed E-state index contributed by atoms with van der Waals surface area (Å²) in [5.74, 6) is -1.23. The Labute approximate surface area is 302 Å². The minimum absolute atomic E-state index is 0.0257. The predicted molar refractivity (Wildman–Crippen MR) is 185 cm³/mol. The lowest BCUT2D eigenvalue weighted by atomic mass is 9.71. The van der Waals surface area contributed by atoms with Crippen molar-refractivity contribution in [3.8, 4) is 11.5 Å². The number of halogens is 2. The Balaban J connectivity index is 0.000000201. The van der Waals surface area contributed by atoms with E-state index in [1.807, 2.05) is 13.8 Å². The number of hydrogen-bond donors (Lipinski definition) is 3. The van der Waals surface area contributed by atoms with Crippen molar-refractivity contribution in [1.29, 1.82) is 0 Å². The predicted octanol–water partition coefficient (Wildman–Crippen LogP) is 6.22. The Kier molecular flexibility index (Phi) is 11.6. The highest BCUT2D eigenvalue weighted by atomic mass is 19.1. The first-order valence-electron chi connectivity index (χ1n) is 17.6. The van der Waals surface area contributed by atoms with E-state index in [-0.39, 0.29) is 78.2 Å². The van der Waals surface area contributed by atoms with E-state index < -0.39 is 23.2 Å². The topological polar surface area (TPSA) is 149 Å². The van der Waals surface area contributed by atoms with Gasteiger partial charge in [-0.2, -0.15) is 0 Å². The Morgan fingerprint density at radius 3 is 1.63 bits per heavy atom. The number of fused-ring (bicyclic) bond motifs is 2. The van der Waals surface area contributed by atoms with Gasteiger partial charge in [0.15, 0.2) is 25.2 Å². The number of Topliss-reactive ketones (excluding diaryl/α,β-unsaturated/α-hetero) is 1. The number of ether oxygens (including phenoxy) is 4. The molecule has 3 N–H and O–H groups in total. The summed E-state index contributed by atoms with van der Waals surface area (Å²) in [5, 5.41) is 29.5. The lowest BCUT2D eigenvalue weighted by molar-refractivity contribution is -0.128. The fourth-order valence-electron chi connectivity index (χ4n) is 7.87. The summed E-state index contributed by atoms with van der Waals surface area (Å²) in [5.41, 5.74) is 0.0568. The molecule has 6 rings (SSSR count). The van der Waals surface area contributed by atoms with Gasteiger partial charge >= 0.3 is 0 Å². The summed E-state index contributed by atoms with van der Waals surface area (Å²) in [7, 11) is 0. The van der Waals surface area contributed by atoms with E-state index in [0.717, 1.165) is 0 Å². The molecule has 4 aliphatic rings. The molecule has 2 aliphatic heterocycles. The maximum absolute atomic E-state index is 14.3. The van der Waals surface area contributed by atoms with Crippen LogP contribution in [-0.2, 0) is 46.2 Å². The van der Waals surface area contributed by atoms with Gasteiger partial charge in [-0.05, 0) is 118 Å². The van der Waals surface area contributed by atoms with Crippen molar-refractivity contribution >= 4 is 17.3 Å². The second-order valence-electron chi connectivity index (χ2n) is 14.9. The van der Waals surface area contributed by atoms with Crippen LogP contribution >= 0.6 is 0 Å². The molecule has 1 unspecified atom stereocenters. The Morgan fingerprint density at radius 1 is 0.788 bits per heavy atom. The number of phenolic OH excluding ortho intramolecular Hbond substituents is 2. The number of rotatable bonds is 10. The van der Waals surface area contributed by atoms with E-state index in [2.05, 4.69) is 0 Å². The number of phenols is 2. The van der Waals surface area contributed by atoms with Crippen molar-refractivity contribution in [3.05, 3.63) is 81.8 Å². The SMILES string of the molecule is CC(=O)C[C@H]1C[C@]2([C@@H](C)Cc3cc(O)c(C)cc3F)OCOC2=CC1=O.Cc1cc(F)c(C[C@H](C)[C@]23C[C@H](CC(C)O)C(=O)C=C2OCO3)cc1O. The monoisotopic (exact) mass is 726 g/mol. The van der Waals surface area contributed by atoms with Crippen LogP contribution in [-0.4, -0.2) is 63.6 Å². The molecule has 2 saturated heterocycles. The van der Waals surface area contributed by atoms with E-state index in [4.69, 9.17) is 18.9 Å². The normalized spacial score (nSPS) is 26.8. The summed E-state index contributed by atoms with van der Waals surface area (Å²) >= 11 is 0. The summed E-state index contributed by atoms with van der Waals surface area (Å²) < 4.78 is 51.5. The van der Waals surface area contributed by atoms with E-state index >= 15 is 0 Å². The minimum Gasteiger partial charge on any atom is -0.508 e. The molecule has 2 aromatic rings. The van der Waals surface area contributed by atoms with Crippen LogP contribution in [0.2, 0.25) is 0 Å². The molecule has 282 valence electrons. The van der Waals surface area contributed by atoms with Crippen LogP contribution in [0, 0.1) is 49.2 Å². The van der Waals surface area contributed by atoms with E-state index in [1.165, 1.54) is 43.3 Å². The van der Waals surface area contributed by atoms with Gasteiger partial charge in [0.25, 0.3) is 0 Å². The van der Waals surface area contributed by atoms with E-state index in [1.54, 1.807) is 20.8 Å². The number of ketones is 3. The number of hydrogen-bond acceptors (Lipinski definition) is 10. The summed E-state index contributed by atoms with van der Waals surface area (Å²) in [4.78, 5) is 36.1. The van der Waals surface area contributed by atoms with Crippen molar-refractivity contribution in [2.24, 2.45) is 23.7 Å². The molecule has 0 aromatic heterocycles. The number of aryl methyl sites for hydroxylation is 2. The van der Waals surface area contributed by atoms with Gasteiger partial charge in [-0.1, -0.05) is 13.8 Å². The van der Waals surface area contributed by atoms with Crippen LogP contribution in [0.5, 0.6) is 11.5 Å². The highest BCUT2D eigenvalue weighted by molar-refractivity contribution is 5.96. The second-order valence-corrected chi connectivity index (χ2v) is 14.9. The quantitative estimate of drug-likeness (QED) is 0.258.